The van der Waals surface area contributed by atoms with Crippen LogP contribution in [0.4, 0.5) is 0 Å². The first kappa shape index (κ1) is 14.9. The van der Waals surface area contributed by atoms with Gasteiger partial charge < -0.3 is 26.6 Å². The summed E-state index contributed by atoms with van der Waals surface area (Å²) in [6, 6.07) is -1.22. The topological polar surface area (TPSA) is 162 Å². The number of aliphatic hydroxyl groups is 1. The first-order valence-corrected chi connectivity index (χ1v) is 5.63. The van der Waals surface area contributed by atoms with Crippen molar-refractivity contribution in [2.75, 3.05) is 6.54 Å². The Morgan fingerprint density at radius 3 is 2.38 bits per heavy atom. The van der Waals surface area contributed by atoms with E-state index in [-0.39, 0.29) is 19.4 Å². The van der Waals surface area contributed by atoms with Gasteiger partial charge in [-0.15, -0.1) is 5.09 Å². The van der Waals surface area contributed by atoms with Gasteiger partial charge in [0.15, 0.2) is 7.92 Å². The number of hydrogen-bond acceptors (Lipinski definition) is 5. The van der Waals surface area contributed by atoms with Crippen LogP contribution in [0, 0.1) is 0 Å². The van der Waals surface area contributed by atoms with Crippen LogP contribution in [-0.2, 0) is 9.59 Å². The van der Waals surface area contributed by atoms with Gasteiger partial charge in [0, 0.05) is 6.42 Å². The number of carboxylic acids is 1. The molecule has 0 aliphatic heterocycles. The van der Waals surface area contributed by atoms with Crippen molar-refractivity contribution in [3.05, 3.63) is 0 Å². The molecule has 0 fully saturated rings. The highest BCUT2D eigenvalue weighted by atomic mass is 31.1. The maximum atomic E-state index is 11.2. The Kier molecular flexibility index (Phi) is 6.78. The largest absolute Gasteiger partial charge is 0.612 e. The van der Waals surface area contributed by atoms with Crippen molar-refractivity contribution in [2.45, 2.75) is 18.9 Å². The van der Waals surface area contributed by atoms with Crippen molar-refractivity contribution < 1.29 is 24.7 Å². The fraction of sp³-hybridized carbons (Fsp3) is 0.571. The van der Waals surface area contributed by atoms with E-state index in [1.165, 1.54) is 0 Å². The number of aliphatic hydroxyl groups excluding tert-OH is 1. The van der Waals surface area contributed by atoms with E-state index < -0.39 is 31.3 Å². The molecule has 0 saturated heterocycles. The quantitative estimate of drug-likeness (QED) is 0.310. The van der Waals surface area contributed by atoms with Crippen LogP contribution >= 0.6 is 7.92 Å². The molecule has 9 heteroatoms. The third-order valence-electron chi connectivity index (χ3n) is 1.67. The number of carbonyl (C=O) groups is 2. The Labute approximate surface area is 92.8 Å². The lowest BCUT2D eigenvalue weighted by molar-refractivity contribution is -0.158. The second kappa shape index (κ2) is 7.26. The van der Waals surface area contributed by atoms with Gasteiger partial charge in [0.2, 0.25) is 5.91 Å². The minimum Gasteiger partial charge on any atom is -0.612 e. The fourth-order valence-electron chi connectivity index (χ4n) is 0.829. The highest BCUT2D eigenvalue weighted by molar-refractivity contribution is 7.49. The van der Waals surface area contributed by atoms with E-state index in [9.17, 15) is 14.5 Å². The van der Waals surface area contributed by atoms with Crippen LogP contribution < -0.4 is 21.4 Å². The van der Waals surface area contributed by atoms with E-state index in [1.54, 1.807) is 0 Å². The summed E-state index contributed by atoms with van der Waals surface area (Å²) >= 11 is 0. The minimum atomic E-state index is -2.43. The van der Waals surface area contributed by atoms with Crippen molar-refractivity contribution in [2.24, 2.45) is 11.5 Å². The first-order chi connectivity index (χ1) is 7.38. The number of carboxylic acid groups (broad SMARTS) is 1. The molecule has 8 nitrogen and oxygen atoms in total. The molecule has 0 saturated carbocycles. The molecule has 0 aromatic carbocycles. The molecule has 2 atom stereocenters. The zero-order chi connectivity index (χ0) is 12.7. The van der Waals surface area contributed by atoms with Crippen LogP contribution in [0.3, 0.4) is 0 Å². The Bertz CT molecular complexity index is 306. The SMILES string of the molecule is NCC(O)=[P+]([O-])N[C@H](CCC(N)=O)C(=O)O. The average molecular weight is 251 g/mol. The highest BCUT2D eigenvalue weighted by Gasteiger charge is 2.22. The molecule has 0 bridgehead atoms. The van der Waals surface area contributed by atoms with Crippen LogP contribution in [0.25, 0.3) is 0 Å². The van der Waals surface area contributed by atoms with Crippen molar-refractivity contribution in [3.63, 3.8) is 0 Å². The van der Waals surface area contributed by atoms with E-state index >= 15 is 0 Å². The van der Waals surface area contributed by atoms with Gasteiger partial charge in [0.1, 0.15) is 6.04 Å². The van der Waals surface area contributed by atoms with Crippen LogP contribution in [0.2, 0.25) is 0 Å². The van der Waals surface area contributed by atoms with Gasteiger partial charge in [-0.2, -0.15) is 0 Å². The molecule has 0 spiro atoms. The van der Waals surface area contributed by atoms with E-state index in [4.69, 9.17) is 21.7 Å². The van der Waals surface area contributed by atoms with Crippen LogP contribution in [0.5, 0.6) is 0 Å². The smallest absolute Gasteiger partial charge is 0.324 e. The maximum absolute atomic E-state index is 11.2. The molecular weight excluding hydrogens is 237 g/mol. The van der Waals surface area contributed by atoms with Gasteiger partial charge in [0.25, 0.3) is 5.48 Å². The number of primary amides is 1. The van der Waals surface area contributed by atoms with Gasteiger partial charge in [-0.1, -0.05) is 0 Å². The second-order valence-electron chi connectivity index (χ2n) is 2.94. The molecule has 0 aliphatic rings. The number of hydrogen-bond donors (Lipinski definition) is 5. The van der Waals surface area contributed by atoms with E-state index in [0.717, 1.165) is 0 Å². The zero-order valence-electron chi connectivity index (χ0n) is 8.42. The summed E-state index contributed by atoms with van der Waals surface area (Å²) in [5.74, 6) is -1.94. The Balaban J connectivity index is 4.46. The summed E-state index contributed by atoms with van der Waals surface area (Å²) < 4.78 is 0. The number of rotatable bonds is 7. The summed E-state index contributed by atoms with van der Waals surface area (Å²) in [6.07, 6.45) is -0.264. The molecule has 1 unspecified atom stereocenters. The molecule has 7 N–H and O–H groups in total. The Morgan fingerprint density at radius 1 is 1.44 bits per heavy atom. The van der Waals surface area contributed by atoms with Gasteiger partial charge in [-0.25, -0.2) is 0 Å². The summed E-state index contributed by atoms with van der Waals surface area (Å²) in [5, 5.41) is 19.9. The number of nitrogens with two attached hydrogens (primary N) is 2. The lowest BCUT2D eigenvalue weighted by Gasteiger charge is -2.10. The van der Waals surface area contributed by atoms with Crippen LogP contribution in [0.1, 0.15) is 12.8 Å². The van der Waals surface area contributed by atoms with Crippen molar-refractivity contribution in [1.29, 1.82) is 0 Å². The molecule has 0 heterocycles. The van der Waals surface area contributed by atoms with Gasteiger partial charge in [-0.3, -0.25) is 9.59 Å². The summed E-state index contributed by atoms with van der Waals surface area (Å²) in [5.41, 5.74) is 9.34. The molecule has 0 aliphatic carbocycles. The monoisotopic (exact) mass is 251 g/mol. The van der Waals surface area contributed by atoms with Gasteiger partial charge in [0.05, 0.1) is 6.54 Å². The number of nitrogens with one attached hydrogen (secondary N) is 1. The molecule has 92 valence electrons. The molecule has 0 aromatic rings. The van der Waals surface area contributed by atoms with Crippen molar-refractivity contribution in [3.8, 4) is 0 Å². The Hall–Kier alpha value is -1.05. The van der Waals surface area contributed by atoms with Crippen LogP contribution in [-0.4, -0.2) is 40.2 Å². The van der Waals surface area contributed by atoms with E-state index in [0.29, 0.717) is 0 Å². The second-order valence-corrected chi connectivity index (χ2v) is 4.30. The Morgan fingerprint density at radius 2 is 2.00 bits per heavy atom. The third kappa shape index (κ3) is 5.74. The molecule has 1 amide bonds. The summed E-state index contributed by atoms with van der Waals surface area (Å²) in [6.45, 7) is -0.329. The third-order valence-corrected chi connectivity index (χ3v) is 2.87. The predicted molar refractivity (Wildman–Crippen MR) is 55.9 cm³/mol. The zero-order valence-corrected chi connectivity index (χ0v) is 9.31. The fourth-order valence-corrected chi connectivity index (χ4v) is 1.67. The van der Waals surface area contributed by atoms with E-state index in [2.05, 4.69) is 5.09 Å². The molecule has 0 radical (unpaired) electrons. The molecule has 0 aromatic heterocycles. The predicted octanol–water partition coefficient (Wildman–Crippen LogP) is -2.57. The normalized spacial score (nSPS) is 14.2. The van der Waals surface area contributed by atoms with Crippen LogP contribution in [0.15, 0.2) is 0 Å². The number of carbonyl (C=O) groups excluding carboxylic acids is 1. The van der Waals surface area contributed by atoms with Crippen molar-refractivity contribution in [1.82, 2.24) is 5.09 Å². The molecule has 16 heavy (non-hydrogen) atoms. The summed E-state index contributed by atoms with van der Waals surface area (Å²) in [4.78, 5) is 32.4. The standard InChI is InChI=1S/C7H14N3O5P/c8-3-6(12)16(15)10-4(7(13)14)1-2-5(9)11/h4,10,12H,1-3,8H2,(H2,9,11)(H,13,14)/t4-/m1/s1. The van der Waals surface area contributed by atoms with Crippen molar-refractivity contribution >= 4 is 25.3 Å². The maximum Gasteiger partial charge on any atom is 0.324 e. The van der Waals surface area contributed by atoms with E-state index in [1.807, 2.05) is 0 Å². The number of amides is 1. The average Bonchev–Trinajstić information content (AvgIpc) is 2.21. The molecule has 0 rings (SSSR count). The molecular formula is C7H14N3O5P. The number of aliphatic carboxylic acids is 1. The van der Waals surface area contributed by atoms with Gasteiger partial charge >= 0.3 is 5.97 Å². The lowest BCUT2D eigenvalue weighted by atomic mass is 10.2. The summed E-state index contributed by atoms with van der Waals surface area (Å²) in [7, 11) is -2.43. The van der Waals surface area contributed by atoms with Gasteiger partial charge in [-0.05, 0) is 6.42 Å². The first-order valence-electron chi connectivity index (χ1n) is 4.37. The lowest BCUT2D eigenvalue weighted by Crippen LogP contribution is -2.36. The highest BCUT2D eigenvalue weighted by Crippen LogP contribution is 2.10. The minimum absolute atomic E-state index is 0.108.